The molecule has 0 bridgehead atoms. The van der Waals surface area contributed by atoms with E-state index >= 15 is 0 Å². The van der Waals surface area contributed by atoms with Gasteiger partial charge in [0.05, 0.1) is 36.2 Å². The molecule has 0 saturated heterocycles. The molecule has 1 aromatic heterocycles. The van der Waals surface area contributed by atoms with Crippen LogP contribution in [0, 0.1) is 6.92 Å². The molecule has 3 aromatic rings. The van der Waals surface area contributed by atoms with Gasteiger partial charge in [0.15, 0.2) is 0 Å². The first-order valence-corrected chi connectivity index (χ1v) is 10.4. The lowest BCUT2D eigenvalue weighted by Gasteiger charge is -2.06. The number of nitrogens with zero attached hydrogens (tertiary/aromatic N) is 3. The van der Waals surface area contributed by atoms with E-state index in [2.05, 4.69) is 9.84 Å². The molecule has 30 heavy (non-hydrogen) atoms. The lowest BCUT2D eigenvalue weighted by Crippen LogP contribution is -2.19. The van der Waals surface area contributed by atoms with E-state index in [1.54, 1.807) is 0 Å². The Balaban J connectivity index is 1.77. The van der Waals surface area contributed by atoms with Crippen LogP contribution in [0.3, 0.4) is 0 Å². The third-order valence-corrected chi connectivity index (χ3v) is 5.97. The monoisotopic (exact) mass is 439 g/mol. The summed E-state index contributed by atoms with van der Waals surface area (Å²) in [4.78, 5) is 29.8. The van der Waals surface area contributed by atoms with Gasteiger partial charge in [-0.25, -0.2) is 4.98 Å². The molecule has 0 saturated carbocycles. The molecule has 0 unspecified atom stereocenters. The Labute approximate surface area is 182 Å². The molecule has 0 N–H and O–H groups in total. The van der Waals surface area contributed by atoms with Gasteiger partial charge in [-0.15, -0.1) is 0 Å². The molecule has 2 heterocycles. The highest BCUT2D eigenvalue weighted by molar-refractivity contribution is 7.19. The van der Waals surface area contributed by atoms with E-state index in [0.717, 1.165) is 27.3 Å². The van der Waals surface area contributed by atoms with E-state index in [-0.39, 0.29) is 18.7 Å². The average Bonchev–Trinajstić information content (AvgIpc) is 3.32. The van der Waals surface area contributed by atoms with Crippen molar-refractivity contribution in [3.8, 4) is 21.7 Å². The van der Waals surface area contributed by atoms with Crippen LogP contribution < -0.4 is 5.01 Å². The van der Waals surface area contributed by atoms with Crippen molar-refractivity contribution in [3.63, 3.8) is 0 Å². The first-order valence-electron chi connectivity index (χ1n) is 9.24. The number of anilines is 1. The van der Waals surface area contributed by atoms with E-state index in [1.807, 2.05) is 55.5 Å². The fourth-order valence-electron chi connectivity index (χ4n) is 3.07. The van der Waals surface area contributed by atoms with Crippen molar-refractivity contribution >= 4 is 45.7 Å². The van der Waals surface area contributed by atoms with Crippen LogP contribution in [0.1, 0.15) is 18.4 Å². The van der Waals surface area contributed by atoms with E-state index in [9.17, 15) is 9.59 Å². The summed E-state index contributed by atoms with van der Waals surface area (Å²) in [7, 11) is 1.31. The molecule has 0 aliphatic carbocycles. The maximum atomic E-state index is 12.5. The van der Waals surface area contributed by atoms with Gasteiger partial charge in [0.2, 0.25) is 5.13 Å². The van der Waals surface area contributed by atoms with Gasteiger partial charge in [-0.05, 0) is 24.6 Å². The minimum absolute atomic E-state index is 0.0149. The van der Waals surface area contributed by atoms with Crippen molar-refractivity contribution in [1.82, 2.24) is 4.98 Å². The number of carbonyl (C=O) groups is 2. The number of rotatable bonds is 5. The number of halogens is 1. The standard InChI is InChI=1S/C22H18ClN3O3S/c1-13-3-5-15(6-4-13)21-20(14-7-9-16(23)10-8-14)24-22(30-21)26-18(27)11-17(25-26)12-19(28)29-2/h3-10H,11-12H2,1-2H3. The van der Waals surface area contributed by atoms with Crippen molar-refractivity contribution in [1.29, 1.82) is 0 Å². The van der Waals surface area contributed by atoms with Crippen molar-refractivity contribution < 1.29 is 14.3 Å². The Morgan fingerprint density at radius 2 is 1.80 bits per heavy atom. The number of aryl methyl sites for hydroxylation is 1. The number of hydrazone groups is 1. The van der Waals surface area contributed by atoms with Gasteiger partial charge in [0.25, 0.3) is 5.91 Å². The second-order valence-electron chi connectivity index (χ2n) is 6.85. The van der Waals surface area contributed by atoms with Crippen molar-refractivity contribution in [2.75, 3.05) is 12.1 Å². The molecule has 0 spiro atoms. The third kappa shape index (κ3) is 4.13. The normalized spacial score (nSPS) is 13.5. The van der Waals surface area contributed by atoms with Crippen LogP contribution in [0.5, 0.6) is 0 Å². The summed E-state index contributed by atoms with van der Waals surface area (Å²) < 4.78 is 4.67. The zero-order valence-corrected chi connectivity index (χ0v) is 18.0. The number of hydrogen-bond donors (Lipinski definition) is 0. The molecule has 1 aliphatic rings. The second-order valence-corrected chi connectivity index (χ2v) is 8.26. The predicted molar refractivity (Wildman–Crippen MR) is 119 cm³/mol. The largest absolute Gasteiger partial charge is 0.469 e. The second kappa shape index (κ2) is 8.38. The highest BCUT2D eigenvalue weighted by atomic mass is 35.5. The Hall–Kier alpha value is -3.03. The summed E-state index contributed by atoms with van der Waals surface area (Å²) in [5, 5.41) is 6.70. The number of esters is 1. The summed E-state index contributed by atoms with van der Waals surface area (Å²) in [6.07, 6.45) is 0.0593. The van der Waals surface area contributed by atoms with Crippen LogP contribution in [0.15, 0.2) is 53.6 Å². The Morgan fingerprint density at radius 3 is 2.47 bits per heavy atom. The molecule has 6 nitrogen and oxygen atoms in total. The number of carbonyl (C=O) groups excluding carboxylic acids is 2. The predicted octanol–water partition coefficient (Wildman–Crippen LogP) is 5.09. The summed E-state index contributed by atoms with van der Waals surface area (Å²) in [6, 6.07) is 15.5. The number of methoxy groups -OCH3 is 1. The van der Waals surface area contributed by atoms with Gasteiger partial charge in [-0.1, -0.05) is 64.9 Å². The van der Waals surface area contributed by atoms with Gasteiger partial charge < -0.3 is 4.74 Å². The molecule has 0 fully saturated rings. The summed E-state index contributed by atoms with van der Waals surface area (Å²) in [5.41, 5.74) is 4.26. The van der Waals surface area contributed by atoms with Gasteiger partial charge in [0.1, 0.15) is 0 Å². The Morgan fingerprint density at radius 1 is 1.13 bits per heavy atom. The zero-order valence-electron chi connectivity index (χ0n) is 16.4. The van der Waals surface area contributed by atoms with Crippen molar-refractivity contribution in [2.24, 2.45) is 5.10 Å². The first-order chi connectivity index (χ1) is 14.4. The van der Waals surface area contributed by atoms with Crippen LogP contribution in [0.4, 0.5) is 5.13 Å². The van der Waals surface area contributed by atoms with Crippen LogP contribution in [-0.4, -0.2) is 29.7 Å². The molecule has 4 rings (SSSR count). The fraction of sp³-hybridized carbons (Fsp3) is 0.182. The number of aromatic nitrogens is 1. The summed E-state index contributed by atoms with van der Waals surface area (Å²) in [6.45, 7) is 2.03. The number of ether oxygens (including phenoxy) is 1. The minimum atomic E-state index is -0.426. The molecule has 0 radical (unpaired) electrons. The molecular formula is C22H18ClN3O3S. The number of hydrogen-bond acceptors (Lipinski definition) is 6. The maximum absolute atomic E-state index is 12.5. The number of amides is 1. The molecule has 2 aromatic carbocycles. The maximum Gasteiger partial charge on any atom is 0.311 e. The number of benzene rings is 2. The highest BCUT2D eigenvalue weighted by Crippen LogP contribution is 2.41. The number of thiazole rings is 1. The van der Waals surface area contributed by atoms with Crippen molar-refractivity contribution in [2.45, 2.75) is 19.8 Å². The summed E-state index contributed by atoms with van der Waals surface area (Å²) >= 11 is 7.43. The van der Waals surface area contributed by atoms with E-state index in [0.29, 0.717) is 15.9 Å². The molecule has 0 atom stereocenters. The van der Waals surface area contributed by atoms with Crippen LogP contribution >= 0.6 is 22.9 Å². The summed E-state index contributed by atoms with van der Waals surface area (Å²) in [5.74, 6) is -0.648. The van der Waals surface area contributed by atoms with E-state index in [4.69, 9.17) is 16.6 Å². The van der Waals surface area contributed by atoms with Gasteiger partial charge in [-0.2, -0.15) is 10.1 Å². The topological polar surface area (TPSA) is 71.9 Å². The van der Waals surface area contributed by atoms with Gasteiger partial charge >= 0.3 is 5.97 Å². The minimum Gasteiger partial charge on any atom is -0.469 e. The van der Waals surface area contributed by atoms with Crippen molar-refractivity contribution in [3.05, 3.63) is 59.1 Å². The zero-order chi connectivity index (χ0) is 21.3. The fourth-order valence-corrected chi connectivity index (χ4v) is 4.26. The Bertz CT molecular complexity index is 1070. The van der Waals surface area contributed by atoms with Crippen LogP contribution in [0.2, 0.25) is 5.02 Å². The average molecular weight is 440 g/mol. The third-order valence-electron chi connectivity index (χ3n) is 4.64. The van der Waals surface area contributed by atoms with Crippen LogP contribution in [0.25, 0.3) is 21.7 Å². The van der Waals surface area contributed by atoms with E-state index in [1.165, 1.54) is 23.5 Å². The molecule has 1 aliphatic heterocycles. The molecular weight excluding hydrogens is 422 g/mol. The highest BCUT2D eigenvalue weighted by Gasteiger charge is 2.30. The lowest BCUT2D eigenvalue weighted by molar-refractivity contribution is -0.139. The smallest absolute Gasteiger partial charge is 0.311 e. The molecule has 8 heteroatoms. The van der Waals surface area contributed by atoms with E-state index < -0.39 is 5.97 Å². The lowest BCUT2D eigenvalue weighted by atomic mass is 10.1. The van der Waals surface area contributed by atoms with Gasteiger partial charge in [-0.3, -0.25) is 9.59 Å². The van der Waals surface area contributed by atoms with Crippen LogP contribution in [-0.2, 0) is 14.3 Å². The molecule has 152 valence electrons. The SMILES string of the molecule is COC(=O)CC1=NN(c2nc(-c3ccc(Cl)cc3)c(-c3ccc(C)cc3)s2)C(=O)C1. The Kier molecular flexibility index (Phi) is 5.65. The molecule has 1 amide bonds. The van der Waals surface area contributed by atoms with Gasteiger partial charge in [0, 0.05) is 10.6 Å². The first kappa shape index (κ1) is 20.3. The quantitative estimate of drug-likeness (QED) is 0.519.